The number of pyridine rings is 1. The van der Waals surface area contributed by atoms with Crippen LogP contribution in [-0.2, 0) is 0 Å². The lowest BCUT2D eigenvalue weighted by Crippen LogP contribution is -2.08. The Hall–Kier alpha value is -1.84. The second-order valence-corrected chi connectivity index (χ2v) is 3.23. The number of anilines is 1. The molecule has 14 heavy (non-hydrogen) atoms. The van der Waals surface area contributed by atoms with E-state index in [4.69, 9.17) is 0 Å². The van der Waals surface area contributed by atoms with Crippen LogP contribution in [0, 0.1) is 0 Å². The second kappa shape index (κ2) is 3.49. The first-order valence-electron chi connectivity index (χ1n) is 4.40. The fraction of sp³-hybridized carbons (Fsp3) is 0.200. The van der Waals surface area contributed by atoms with Crippen LogP contribution in [-0.4, -0.2) is 29.0 Å². The third-order valence-corrected chi connectivity index (χ3v) is 2.00. The molecule has 2 rings (SSSR count). The molecule has 2 aromatic rings. The predicted molar refractivity (Wildman–Crippen MR) is 56.1 cm³/mol. The van der Waals surface area contributed by atoms with Crippen molar-refractivity contribution in [2.75, 3.05) is 19.0 Å². The molecule has 0 atom stereocenters. The standard InChI is InChI=1S/C10H12N4/c1-14(2)8-3-4-11-9(7-8)10-12-5-6-13-10/h3-7H,1-2H3,(H,12,13). The summed E-state index contributed by atoms with van der Waals surface area (Å²) in [5, 5.41) is 0. The summed E-state index contributed by atoms with van der Waals surface area (Å²) in [5.41, 5.74) is 1.98. The van der Waals surface area contributed by atoms with Gasteiger partial charge in [0.15, 0.2) is 5.82 Å². The van der Waals surface area contributed by atoms with Gasteiger partial charge in [0.25, 0.3) is 0 Å². The van der Waals surface area contributed by atoms with Crippen LogP contribution in [0.1, 0.15) is 0 Å². The molecule has 2 heterocycles. The molecular weight excluding hydrogens is 176 g/mol. The summed E-state index contributed by atoms with van der Waals surface area (Å²) in [6, 6.07) is 3.96. The molecule has 0 saturated carbocycles. The van der Waals surface area contributed by atoms with Gasteiger partial charge >= 0.3 is 0 Å². The highest BCUT2D eigenvalue weighted by Crippen LogP contribution is 2.17. The van der Waals surface area contributed by atoms with E-state index in [1.807, 2.05) is 31.1 Å². The van der Waals surface area contributed by atoms with E-state index < -0.39 is 0 Å². The summed E-state index contributed by atoms with van der Waals surface area (Å²) in [6.07, 6.45) is 5.30. The topological polar surface area (TPSA) is 44.8 Å². The van der Waals surface area contributed by atoms with Crippen LogP contribution in [0.15, 0.2) is 30.7 Å². The number of aromatic amines is 1. The molecular formula is C10H12N4. The fourth-order valence-corrected chi connectivity index (χ4v) is 1.23. The van der Waals surface area contributed by atoms with E-state index in [1.165, 1.54) is 0 Å². The molecule has 0 bridgehead atoms. The maximum atomic E-state index is 4.24. The highest BCUT2D eigenvalue weighted by Gasteiger charge is 2.02. The molecule has 1 N–H and O–H groups in total. The minimum atomic E-state index is 0.800. The lowest BCUT2D eigenvalue weighted by molar-refractivity contribution is 1.11. The molecule has 0 aliphatic carbocycles. The van der Waals surface area contributed by atoms with Gasteiger partial charge in [-0.05, 0) is 12.1 Å². The van der Waals surface area contributed by atoms with Crippen molar-refractivity contribution in [3.63, 3.8) is 0 Å². The van der Waals surface area contributed by atoms with Gasteiger partial charge < -0.3 is 9.88 Å². The first kappa shape index (κ1) is 8.74. The zero-order valence-corrected chi connectivity index (χ0v) is 8.23. The van der Waals surface area contributed by atoms with Crippen molar-refractivity contribution in [2.24, 2.45) is 0 Å². The number of nitrogens with zero attached hydrogens (tertiary/aromatic N) is 3. The van der Waals surface area contributed by atoms with Gasteiger partial charge in [0, 0.05) is 38.4 Å². The predicted octanol–water partition coefficient (Wildman–Crippen LogP) is 1.54. The molecule has 0 radical (unpaired) electrons. The zero-order valence-electron chi connectivity index (χ0n) is 8.23. The van der Waals surface area contributed by atoms with Gasteiger partial charge in [0.2, 0.25) is 0 Å². The van der Waals surface area contributed by atoms with Crippen molar-refractivity contribution in [2.45, 2.75) is 0 Å². The van der Waals surface area contributed by atoms with Crippen LogP contribution in [0.25, 0.3) is 11.5 Å². The van der Waals surface area contributed by atoms with Crippen molar-refractivity contribution in [1.82, 2.24) is 15.0 Å². The Kier molecular flexibility index (Phi) is 2.18. The number of hydrogen-bond donors (Lipinski definition) is 1. The average molecular weight is 188 g/mol. The minimum absolute atomic E-state index is 0.800. The molecule has 0 unspecified atom stereocenters. The zero-order chi connectivity index (χ0) is 9.97. The quantitative estimate of drug-likeness (QED) is 0.777. The lowest BCUT2D eigenvalue weighted by Gasteiger charge is -2.12. The molecule has 0 amide bonds. The molecule has 2 aromatic heterocycles. The van der Waals surface area contributed by atoms with Gasteiger partial charge in [-0.15, -0.1) is 0 Å². The van der Waals surface area contributed by atoms with Crippen molar-refractivity contribution in [1.29, 1.82) is 0 Å². The van der Waals surface area contributed by atoms with E-state index in [0.29, 0.717) is 0 Å². The Labute approximate surface area is 82.6 Å². The summed E-state index contributed by atoms with van der Waals surface area (Å²) in [6.45, 7) is 0. The first-order chi connectivity index (χ1) is 6.77. The summed E-state index contributed by atoms with van der Waals surface area (Å²) >= 11 is 0. The Balaban J connectivity index is 2.41. The normalized spacial score (nSPS) is 10.1. The molecule has 0 fully saturated rings. The summed E-state index contributed by atoms with van der Waals surface area (Å²) in [7, 11) is 4.00. The number of hydrogen-bond acceptors (Lipinski definition) is 3. The third-order valence-electron chi connectivity index (χ3n) is 2.00. The highest BCUT2D eigenvalue weighted by molar-refractivity contribution is 5.58. The molecule has 72 valence electrons. The number of H-pyrrole nitrogens is 1. The van der Waals surface area contributed by atoms with Crippen LogP contribution in [0.5, 0.6) is 0 Å². The van der Waals surface area contributed by atoms with Crippen LogP contribution in [0.2, 0.25) is 0 Å². The minimum Gasteiger partial charge on any atom is -0.378 e. The van der Waals surface area contributed by atoms with Crippen LogP contribution in [0.4, 0.5) is 5.69 Å². The summed E-state index contributed by atoms with van der Waals surface area (Å²) in [5.74, 6) is 0.800. The fourth-order valence-electron chi connectivity index (χ4n) is 1.23. The van der Waals surface area contributed by atoms with Crippen molar-refractivity contribution >= 4 is 5.69 Å². The average Bonchev–Trinajstić information content (AvgIpc) is 2.71. The van der Waals surface area contributed by atoms with Gasteiger partial charge in [-0.3, -0.25) is 4.98 Å². The Morgan fingerprint density at radius 2 is 2.07 bits per heavy atom. The maximum absolute atomic E-state index is 4.24. The first-order valence-corrected chi connectivity index (χ1v) is 4.40. The molecule has 0 saturated heterocycles. The van der Waals surface area contributed by atoms with E-state index in [0.717, 1.165) is 17.2 Å². The third kappa shape index (κ3) is 1.59. The van der Waals surface area contributed by atoms with Crippen LogP contribution >= 0.6 is 0 Å². The summed E-state index contributed by atoms with van der Waals surface area (Å²) in [4.78, 5) is 13.5. The largest absolute Gasteiger partial charge is 0.378 e. The van der Waals surface area contributed by atoms with Gasteiger partial charge in [0.1, 0.15) is 5.69 Å². The Morgan fingerprint density at radius 1 is 1.21 bits per heavy atom. The Bertz CT molecular complexity index is 406. The Morgan fingerprint density at radius 3 is 2.71 bits per heavy atom. The SMILES string of the molecule is CN(C)c1ccnc(-c2ncc[nH]2)c1. The molecule has 0 aromatic carbocycles. The van der Waals surface area contributed by atoms with Crippen molar-refractivity contribution < 1.29 is 0 Å². The molecule has 0 aliphatic rings. The van der Waals surface area contributed by atoms with Gasteiger partial charge in [-0.2, -0.15) is 0 Å². The maximum Gasteiger partial charge on any atom is 0.156 e. The van der Waals surface area contributed by atoms with E-state index in [2.05, 4.69) is 15.0 Å². The molecule has 0 aliphatic heterocycles. The number of nitrogens with one attached hydrogen (secondary N) is 1. The lowest BCUT2D eigenvalue weighted by atomic mass is 10.3. The smallest absolute Gasteiger partial charge is 0.156 e. The number of aromatic nitrogens is 3. The van der Waals surface area contributed by atoms with Crippen molar-refractivity contribution in [3.05, 3.63) is 30.7 Å². The molecule has 0 spiro atoms. The molecule has 4 heteroatoms. The van der Waals surface area contributed by atoms with Crippen LogP contribution < -0.4 is 4.90 Å². The van der Waals surface area contributed by atoms with Crippen molar-refractivity contribution in [3.8, 4) is 11.5 Å². The number of rotatable bonds is 2. The second-order valence-electron chi connectivity index (χ2n) is 3.23. The summed E-state index contributed by atoms with van der Waals surface area (Å²) < 4.78 is 0. The van der Waals surface area contributed by atoms with E-state index >= 15 is 0 Å². The van der Waals surface area contributed by atoms with Crippen LogP contribution in [0.3, 0.4) is 0 Å². The molecule has 4 nitrogen and oxygen atoms in total. The van der Waals surface area contributed by atoms with E-state index in [-0.39, 0.29) is 0 Å². The monoisotopic (exact) mass is 188 g/mol. The highest BCUT2D eigenvalue weighted by atomic mass is 15.1. The van der Waals surface area contributed by atoms with Gasteiger partial charge in [0.05, 0.1) is 0 Å². The van der Waals surface area contributed by atoms with E-state index in [1.54, 1.807) is 18.6 Å². The van der Waals surface area contributed by atoms with Gasteiger partial charge in [-0.25, -0.2) is 4.98 Å². The van der Waals surface area contributed by atoms with Gasteiger partial charge in [-0.1, -0.05) is 0 Å². The van der Waals surface area contributed by atoms with E-state index in [9.17, 15) is 0 Å². The number of imidazole rings is 1.